The number of benzene rings is 2. The molecule has 1 aliphatic heterocycles. The Bertz CT molecular complexity index is 892. The molecule has 28 heavy (non-hydrogen) atoms. The van der Waals surface area contributed by atoms with Crippen LogP contribution in [0.3, 0.4) is 0 Å². The number of hydrogen-bond acceptors (Lipinski definition) is 4. The van der Waals surface area contributed by atoms with Crippen LogP contribution in [0.1, 0.15) is 37.6 Å². The van der Waals surface area contributed by atoms with Gasteiger partial charge in [0, 0.05) is 18.3 Å². The number of ether oxygens (including phenoxy) is 2. The van der Waals surface area contributed by atoms with E-state index in [1.807, 2.05) is 32.9 Å². The lowest BCUT2D eigenvalue weighted by molar-refractivity contribution is -0.127. The zero-order valence-corrected chi connectivity index (χ0v) is 16.7. The number of carbonyl (C=O) groups is 2. The van der Waals surface area contributed by atoms with Crippen LogP contribution in [0.4, 0.5) is 11.4 Å². The van der Waals surface area contributed by atoms with Crippen molar-refractivity contribution in [3.8, 4) is 11.5 Å². The number of hydrogen-bond donors (Lipinski definition) is 1. The molecule has 1 N–H and O–H groups in total. The molecular weight excluding hydrogens is 356 g/mol. The van der Waals surface area contributed by atoms with Crippen molar-refractivity contribution in [2.24, 2.45) is 5.41 Å². The fourth-order valence-corrected chi connectivity index (χ4v) is 3.20. The van der Waals surface area contributed by atoms with Gasteiger partial charge in [0.1, 0.15) is 18.1 Å². The first-order valence-corrected chi connectivity index (χ1v) is 9.40. The van der Waals surface area contributed by atoms with Crippen LogP contribution in [0.5, 0.6) is 11.5 Å². The molecule has 0 spiro atoms. The fourth-order valence-electron chi connectivity index (χ4n) is 3.20. The lowest BCUT2D eigenvalue weighted by Crippen LogP contribution is -2.42. The van der Waals surface area contributed by atoms with Crippen molar-refractivity contribution in [3.63, 3.8) is 0 Å². The molecule has 0 fully saturated rings. The zero-order chi connectivity index (χ0) is 20.3. The average molecular weight is 382 g/mol. The minimum Gasteiger partial charge on any atom is -0.496 e. The molecule has 0 unspecified atom stereocenters. The quantitative estimate of drug-likeness (QED) is 0.845. The second-order valence-electron chi connectivity index (χ2n) is 7.47. The third-order valence-corrected chi connectivity index (χ3v) is 4.72. The van der Waals surface area contributed by atoms with Gasteiger partial charge in [0.25, 0.3) is 5.91 Å². The van der Waals surface area contributed by atoms with E-state index in [1.165, 1.54) is 7.11 Å². The van der Waals surface area contributed by atoms with E-state index in [0.29, 0.717) is 29.3 Å². The van der Waals surface area contributed by atoms with Gasteiger partial charge in [0.2, 0.25) is 5.91 Å². The lowest BCUT2D eigenvalue weighted by Gasteiger charge is -2.27. The Morgan fingerprint density at radius 2 is 2.00 bits per heavy atom. The van der Waals surface area contributed by atoms with Crippen LogP contribution in [0.2, 0.25) is 0 Å². The van der Waals surface area contributed by atoms with Crippen LogP contribution >= 0.6 is 0 Å². The molecule has 2 aromatic carbocycles. The van der Waals surface area contributed by atoms with Gasteiger partial charge in [0.05, 0.1) is 23.8 Å². The van der Waals surface area contributed by atoms with Crippen LogP contribution in [-0.4, -0.2) is 32.1 Å². The van der Waals surface area contributed by atoms with Crippen molar-refractivity contribution in [1.82, 2.24) is 0 Å². The number of anilines is 2. The predicted molar refractivity (Wildman–Crippen MR) is 109 cm³/mol. The number of nitrogens with zero attached hydrogens (tertiary/aromatic N) is 1. The van der Waals surface area contributed by atoms with E-state index in [9.17, 15) is 9.59 Å². The summed E-state index contributed by atoms with van der Waals surface area (Å²) in [6.45, 7) is 6.70. The summed E-state index contributed by atoms with van der Waals surface area (Å²) in [4.78, 5) is 27.3. The Balaban J connectivity index is 1.90. The summed E-state index contributed by atoms with van der Waals surface area (Å²) in [6, 6.07) is 12.4. The van der Waals surface area contributed by atoms with E-state index in [1.54, 1.807) is 35.2 Å². The van der Waals surface area contributed by atoms with Gasteiger partial charge < -0.3 is 19.7 Å². The first-order chi connectivity index (χ1) is 13.4. The largest absolute Gasteiger partial charge is 0.496 e. The maximum Gasteiger partial charge on any atom is 0.259 e. The summed E-state index contributed by atoms with van der Waals surface area (Å²) in [6.07, 6.45) is 0.841. The minimum atomic E-state index is -0.616. The SMILES string of the molecule is CCCN1C(=O)C(C)(C)COc2cc(NC(=O)c3ccccc3OC)ccc21. The maximum absolute atomic E-state index is 12.9. The molecule has 2 amide bonds. The summed E-state index contributed by atoms with van der Waals surface area (Å²) < 4.78 is 11.2. The molecule has 0 aliphatic carbocycles. The maximum atomic E-state index is 12.9. The summed E-state index contributed by atoms with van der Waals surface area (Å²) in [5.41, 5.74) is 1.16. The van der Waals surface area contributed by atoms with Crippen LogP contribution in [0.15, 0.2) is 42.5 Å². The highest BCUT2D eigenvalue weighted by atomic mass is 16.5. The second kappa shape index (κ2) is 7.92. The molecule has 0 saturated carbocycles. The average Bonchev–Trinajstić information content (AvgIpc) is 2.78. The number of para-hydroxylation sites is 1. The number of carbonyl (C=O) groups excluding carboxylic acids is 2. The minimum absolute atomic E-state index is 0.0407. The molecule has 0 radical (unpaired) electrons. The number of rotatable bonds is 5. The number of amides is 2. The van der Waals surface area contributed by atoms with Crippen molar-refractivity contribution in [2.45, 2.75) is 27.2 Å². The van der Waals surface area contributed by atoms with Crippen LogP contribution < -0.4 is 19.7 Å². The van der Waals surface area contributed by atoms with Crippen LogP contribution in [0, 0.1) is 5.41 Å². The summed E-state index contributed by atoms with van der Waals surface area (Å²) in [5, 5.41) is 2.88. The van der Waals surface area contributed by atoms with Crippen molar-refractivity contribution in [1.29, 1.82) is 0 Å². The number of fused-ring (bicyclic) bond motifs is 1. The lowest BCUT2D eigenvalue weighted by atomic mass is 9.93. The Morgan fingerprint density at radius 1 is 1.25 bits per heavy atom. The van der Waals surface area contributed by atoms with Crippen molar-refractivity contribution in [2.75, 3.05) is 30.5 Å². The van der Waals surface area contributed by atoms with Crippen molar-refractivity contribution in [3.05, 3.63) is 48.0 Å². The standard InChI is InChI=1S/C22H26N2O4/c1-5-12-24-17-11-10-15(13-19(17)28-14-22(2,3)21(24)26)23-20(25)16-8-6-7-9-18(16)27-4/h6-11,13H,5,12,14H2,1-4H3,(H,23,25). The Hall–Kier alpha value is -3.02. The predicted octanol–water partition coefficient (Wildman–Crippen LogP) is 4.11. The second-order valence-corrected chi connectivity index (χ2v) is 7.47. The molecule has 0 bridgehead atoms. The Kier molecular flexibility index (Phi) is 5.58. The highest BCUT2D eigenvalue weighted by Gasteiger charge is 2.37. The van der Waals surface area contributed by atoms with E-state index in [2.05, 4.69) is 5.32 Å². The van der Waals surface area contributed by atoms with Gasteiger partial charge in [-0.2, -0.15) is 0 Å². The van der Waals surface area contributed by atoms with Crippen LogP contribution in [-0.2, 0) is 4.79 Å². The first kappa shape index (κ1) is 19.7. The van der Waals surface area contributed by atoms with Gasteiger partial charge >= 0.3 is 0 Å². The number of methoxy groups -OCH3 is 1. The third kappa shape index (κ3) is 3.81. The molecule has 0 atom stereocenters. The first-order valence-electron chi connectivity index (χ1n) is 9.40. The van der Waals surface area contributed by atoms with Crippen LogP contribution in [0.25, 0.3) is 0 Å². The number of nitrogens with one attached hydrogen (secondary N) is 1. The highest BCUT2D eigenvalue weighted by molar-refractivity contribution is 6.06. The van der Waals surface area contributed by atoms with Gasteiger partial charge in [-0.25, -0.2) is 0 Å². The van der Waals surface area contributed by atoms with Crippen molar-refractivity contribution < 1.29 is 19.1 Å². The molecule has 0 saturated heterocycles. The van der Waals surface area contributed by atoms with E-state index in [0.717, 1.165) is 12.1 Å². The Morgan fingerprint density at radius 3 is 2.71 bits per heavy atom. The van der Waals surface area contributed by atoms with E-state index < -0.39 is 5.41 Å². The molecule has 2 aromatic rings. The molecular formula is C22H26N2O4. The summed E-state index contributed by atoms with van der Waals surface area (Å²) >= 11 is 0. The van der Waals surface area contributed by atoms with E-state index in [-0.39, 0.29) is 18.4 Å². The van der Waals surface area contributed by atoms with Gasteiger partial charge in [0.15, 0.2) is 0 Å². The molecule has 6 heteroatoms. The van der Waals surface area contributed by atoms with E-state index >= 15 is 0 Å². The molecule has 1 aliphatic rings. The van der Waals surface area contributed by atoms with E-state index in [4.69, 9.17) is 9.47 Å². The summed E-state index contributed by atoms with van der Waals surface area (Å²) in [7, 11) is 1.53. The molecule has 6 nitrogen and oxygen atoms in total. The highest BCUT2D eigenvalue weighted by Crippen LogP contribution is 2.38. The smallest absolute Gasteiger partial charge is 0.259 e. The Labute approximate surface area is 165 Å². The van der Waals surface area contributed by atoms with Gasteiger partial charge in [-0.3, -0.25) is 9.59 Å². The van der Waals surface area contributed by atoms with Gasteiger partial charge in [-0.1, -0.05) is 19.1 Å². The van der Waals surface area contributed by atoms with Gasteiger partial charge in [-0.05, 0) is 44.5 Å². The molecule has 1 heterocycles. The molecule has 3 rings (SSSR count). The topological polar surface area (TPSA) is 67.9 Å². The summed E-state index contributed by atoms with van der Waals surface area (Å²) in [5.74, 6) is 0.865. The monoisotopic (exact) mass is 382 g/mol. The molecule has 148 valence electrons. The third-order valence-electron chi connectivity index (χ3n) is 4.72. The normalized spacial score (nSPS) is 15.3. The van der Waals surface area contributed by atoms with Gasteiger partial charge in [-0.15, -0.1) is 0 Å². The fraction of sp³-hybridized carbons (Fsp3) is 0.364. The molecule has 0 aromatic heterocycles. The van der Waals surface area contributed by atoms with Crippen molar-refractivity contribution >= 4 is 23.2 Å². The zero-order valence-electron chi connectivity index (χ0n) is 16.7.